The largest absolute Gasteiger partial charge is 0.435 e. The van der Waals surface area contributed by atoms with Gasteiger partial charge in [-0.15, -0.1) is 5.10 Å². The smallest absolute Gasteiger partial charge is 0.332 e. The highest BCUT2D eigenvalue weighted by Gasteiger charge is 2.44. The van der Waals surface area contributed by atoms with E-state index in [0.29, 0.717) is 18.5 Å². The summed E-state index contributed by atoms with van der Waals surface area (Å²) in [6.45, 7) is 0. The summed E-state index contributed by atoms with van der Waals surface area (Å²) in [6.07, 6.45) is -0.604. The first-order valence-corrected chi connectivity index (χ1v) is 6.67. The Hall–Kier alpha value is -2.85. The lowest BCUT2D eigenvalue weighted by molar-refractivity contribution is -0.143. The summed E-state index contributed by atoms with van der Waals surface area (Å²) >= 11 is 0. The van der Waals surface area contributed by atoms with Crippen molar-refractivity contribution in [2.75, 3.05) is 0 Å². The minimum atomic E-state index is -4.62. The molecule has 8 nitrogen and oxygen atoms in total. The Morgan fingerprint density at radius 1 is 1.26 bits per heavy atom. The van der Waals surface area contributed by atoms with E-state index in [1.54, 1.807) is 0 Å². The molecule has 3 heterocycles. The van der Waals surface area contributed by atoms with Crippen molar-refractivity contribution in [3.05, 3.63) is 24.3 Å². The summed E-state index contributed by atoms with van der Waals surface area (Å²) in [5, 5.41) is 10.8. The zero-order chi connectivity index (χ0) is 16.0. The van der Waals surface area contributed by atoms with Gasteiger partial charge in [-0.1, -0.05) is 10.4 Å². The van der Waals surface area contributed by atoms with Crippen LogP contribution in [0.5, 0.6) is 0 Å². The van der Waals surface area contributed by atoms with Gasteiger partial charge in [-0.05, 0) is 18.9 Å². The van der Waals surface area contributed by atoms with Crippen LogP contribution in [0.2, 0.25) is 0 Å². The lowest BCUT2D eigenvalue weighted by atomic mass is 10.3. The molecule has 0 atom stereocenters. The monoisotopic (exact) mass is 323 g/mol. The van der Waals surface area contributed by atoms with Crippen molar-refractivity contribution in [1.82, 2.24) is 35.1 Å². The van der Waals surface area contributed by atoms with Gasteiger partial charge >= 0.3 is 6.18 Å². The summed E-state index contributed by atoms with van der Waals surface area (Å²) < 4.78 is 45.8. The SMILES string of the molecule is FC(F)(F)c1c(-c2nc(-c3ccncn3)no2)nnn1C1CC1. The predicted octanol–water partition coefficient (Wildman–Crippen LogP) is 2.14. The standard InChI is InChI=1S/C12H8F3N7O/c13-12(14,15)9-8(19-21-22(9)6-1-2-6)11-18-10(20-23-11)7-3-4-16-5-17-7/h3-6H,1-2H2. The molecule has 4 rings (SSSR count). The van der Waals surface area contributed by atoms with Crippen molar-refractivity contribution in [1.29, 1.82) is 0 Å². The molecular weight excluding hydrogens is 315 g/mol. The molecule has 0 amide bonds. The van der Waals surface area contributed by atoms with Crippen molar-refractivity contribution in [3.63, 3.8) is 0 Å². The van der Waals surface area contributed by atoms with Crippen LogP contribution in [-0.2, 0) is 6.18 Å². The Morgan fingerprint density at radius 3 is 2.74 bits per heavy atom. The molecule has 0 spiro atoms. The van der Waals surface area contributed by atoms with E-state index in [1.165, 1.54) is 18.6 Å². The van der Waals surface area contributed by atoms with E-state index in [9.17, 15) is 13.2 Å². The van der Waals surface area contributed by atoms with Crippen molar-refractivity contribution in [2.45, 2.75) is 25.1 Å². The summed E-state index contributed by atoms with van der Waals surface area (Å²) in [7, 11) is 0. The summed E-state index contributed by atoms with van der Waals surface area (Å²) in [5.74, 6) is -0.297. The van der Waals surface area contributed by atoms with Crippen LogP contribution in [0, 0.1) is 0 Å². The summed E-state index contributed by atoms with van der Waals surface area (Å²) in [4.78, 5) is 11.6. The molecule has 0 N–H and O–H groups in total. The fourth-order valence-electron chi connectivity index (χ4n) is 2.12. The minimum absolute atomic E-state index is 0.0523. The fraction of sp³-hybridized carbons (Fsp3) is 0.333. The van der Waals surface area contributed by atoms with E-state index < -0.39 is 17.6 Å². The van der Waals surface area contributed by atoms with Gasteiger partial charge < -0.3 is 4.52 Å². The normalized spacial score (nSPS) is 15.1. The number of alkyl halides is 3. The fourth-order valence-corrected chi connectivity index (χ4v) is 2.12. The van der Waals surface area contributed by atoms with Crippen LogP contribution in [0.25, 0.3) is 23.1 Å². The average Bonchev–Trinajstić information content (AvgIpc) is 3.09. The molecule has 118 valence electrons. The van der Waals surface area contributed by atoms with Gasteiger partial charge in [0, 0.05) is 6.20 Å². The summed E-state index contributed by atoms with van der Waals surface area (Å²) in [6, 6.07) is 1.23. The Bertz CT molecular complexity index is 838. The molecule has 3 aromatic rings. The van der Waals surface area contributed by atoms with Gasteiger partial charge in [0.05, 0.1) is 6.04 Å². The van der Waals surface area contributed by atoms with Gasteiger partial charge in [0.15, 0.2) is 11.4 Å². The van der Waals surface area contributed by atoms with Gasteiger partial charge in [-0.2, -0.15) is 18.2 Å². The van der Waals surface area contributed by atoms with Crippen LogP contribution in [0.4, 0.5) is 13.2 Å². The number of aromatic nitrogens is 7. The third-order valence-corrected chi connectivity index (χ3v) is 3.30. The van der Waals surface area contributed by atoms with Crippen molar-refractivity contribution in [3.8, 4) is 23.1 Å². The minimum Gasteiger partial charge on any atom is -0.332 e. The molecule has 1 aliphatic rings. The highest BCUT2D eigenvalue weighted by atomic mass is 19.4. The van der Waals surface area contributed by atoms with Gasteiger partial charge in [0.1, 0.15) is 12.0 Å². The second-order valence-electron chi connectivity index (χ2n) is 4.98. The van der Waals surface area contributed by atoms with Crippen LogP contribution in [0.1, 0.15) is 24.6 Å². The third-order valence-electron chi connectivity index (χ3n) is 3.30. The van der Waals surface area contributed by atoms with Crippen LogP contribution in [-0.4, -0.2) is 35.1 Å². The highest BCUT2D eigenvalue weighted by Crippen LogP contribution is 2.42. The Labute approximate surface area is 126 Å². The maximum atomic E-state index is 13.3. The van der Waals surface area contributed by atoms with E-state index in [2.05, 4.69) is 30.4 Å². The van der Waals surface area contributed by atoms with Crippen LogP contribution in [0.3, 0.4) is 0 Å². The molecule has 0 aliphatic heterocycles. The first-order chi connectivity index (χ1) is 11.0. The van der Waals surface area contributed by atoms with E-state index >= 15 is 0 Å². The first-order valence-electron chi connectivity index (χ1n) is 6.67. The van der Waals surface area contributed by atoms with E-state index in [4.69, 9.17) is 4.52 Å². The van der Waals surface area contributed by atoms with Gasteiger partial charge in [0.2, 0.25) is 5.82 Å². The van der Waals surface area contributed by atoms with Crippen molar-refractivity contribution >= 4 is 0 Å². The molecular formula is C12H8F3N7O. The number of nitrogens with zero attached hydrogens (tertiary/aromatic N) is 7. The number of hydrogen-bond donors (Lipinski definition) is 0. The molecule has 1 saturated carbocycles. The highest BCUT2D eigenvalue weighted by molar-refractivity contribution is 5.56. The molecule has 1 fully saturated rings. The van der Waals surface area contributed by atoms with Crippen LogP contribution >= 0.6 is 0 Å². The lowest BCUT2D eigenvalue weighted by Gasteiger charge is -2.08. The Kier molecular flexibility index (Phi) is 2.89. The zero-order valence-electron chi connectivity index (χ0n) is 11.4. The number of halogens is 3. The quantitative estimate of drug-likeness (QED) is 0.728. The average molecular weight is 323 g/mol. The zero-order valence-corrected chi connectivity index (χ0v) is 11.4. The van der Waals surface area contributed by atoms with Gasteiger partial charge in [0.25, 0.3) is 5.89 Å². The predicted molar refractivity (Wildman–Crippen MR) is 67.6 cm³/mol. The topological polar surface area (TPSA) is 95.4 Å². The maximum absolute atomic E-state index is 13.3. The Balaban J connectivity index is 1.78. The molecule has 0 bridgehead atoms. The molecule has 0 saturated heterocycles. The van der Waals surface area contributed by atoms with E-state index in [0.717, 1.165) is 4.68 Å². The van der Waals surface area contributed by atoms with E-state index in [1.807, 2.05) is 0 Å². The first kappa shape index (κ1) is 13.8. The second-order valence-corrected chi connectivity index (χ2v) is 4.98. The molecule has 0 unspecified atom stereocenters. The molecule has 0 aromatic carbocycles. The molecule has 23 heavy (non-hydrogen) atoms. The molecule has 3 aromatic heterocycles. The van der Waals surface area contributed by atoms with Crippen LogP contribution < -0.4 is 0 Å². The maximum Gasteiger partial charge on any atom is 0.435 e. The molecule has 11 heteroatoms. The number of hydrogen-bond acceptors (Lipinski definition) is 7. The third kappa shape index (κ3) is 2.43. The molecule has 0 radical (unpaired) electrons. The van der Waals surface area contributed by atoms with Crippen LogP contribution in [0.15, 0.2) is 23.1 Å². The van der Waals surface area contributed by atoms with Gasteiger partial charge in [-0.3, -0.25) is 0 Å². The van der Waals surface area contributed by atoms with Crippen molar-refractivity contribution < 1.29 is 17.7 Å². The summed E-state index contributed by atoms with van der Waals surface area (Å²) in [5.41, 5.74) is -1.12. The second kappa shape index (κ2) is 4.83. The Morgan fingerprint density at radius 2 is 2.09 bits per heavy atom. The van der Waals surface area contributed by atoms with E-state index in [-0.39, 0.29) is 17.8 Å². The van der Waals surface area contributed by atoms with Crippen molar-refractivity contribution in [2.24, 2.45) is 0 Å². The number of rotatable bonds is 3. The lowest BCUT2D eigenvalue weighted by Crippen LogP contribution is -2.15. The molecule has 1 aliphatic carbocycles. The van der Waals surface area contributed by atoms with Gasteiger partial charge in [-0.25, -0.2) is 14.6 Å².